The molecule has 0 aliphatic rings. The van der Waals surface area contributed by atoms with Crippen LogP contribution >= 0.6 is 23.2 Å². The summed E-state index contributed by atoms with van der Waals surface area (Å²) in [5.74, 6) is -1.53. The Balaban J connectivity index is 2.68. The van der Waals surface area contributed by atoms with Crippen LogP contribution in [0.25, 0.3) is 6.08 Å². The van der Waals surface area contributed by atoms with E-state index in [9.17, 15) is 9.59 Å². The van der Waals surface area contributed by atoms with Gasteiger partial charge in [-0.05, 0) is 30.2 Å². The first-order chi connectivity index (χ1) is 8.93. The Morgan fingerprint density at radius 3 is 2.58 bits per heavy atom. The van der Waals surface area contributed by atoms with E-state index in [1.807, 2.05) is 0 Å². The molecule has 0 heterocycles. The normalized spacial score (nSPS) is 12.4. The Labute approximate surface area is 121 Å². The molecule has 1 unspecified atom stereocenters. The zero-order valence-corrected chi connectivity index (χ0v) is 11.7. The molecule has 6 heteroatoms. The van der Waals surface area contributed by atoms with Crippen LogP contribution in [0.5, 0.6) is 0 Å². The van der Waals surface area contributed by atoms with Crippen molar-refractivity contribution in [2.75, 3.05) is 0 Å². The van der Waals surface area contributed by atoms with Crippen molar-refractivity contribution in [3.63, 3.8) is 0 Å². The maximum atomic E-state index is 11.5. The number of carboxylic acid groups (broad SMARTS) is 1. The van der Waals surface area contributed by atoms with Crippen molar-refractivity contribution >= 4 is 41.2 Å². The molecular weight excluding hydrogens is 289 g/mol. The van der Waals surface area contributed by atoms with Crippen LogP contribution in [-0.2, 0) is 9.59 Å². The van der Waals surface area contributed by atoms with Crippen LogP contribution in [0.1, 0.15) is 18.9 Å². The minimum absolute atomic E-state index is 0.321. The van der Waals surface area contributed by atoms with Gasteiger partial charge in [-0.3, -0.25) is 4.79 Å². The number of halogens is 2. The highest BCUT2D eigenvalue weighted by Crippen LogP contribution is 2.23. The zero-order valence-electron chi connectivity index (χ0n) is 10.2. The monoisotopic (exact) mass is 301 g/mol. The average Bonchev–Trinajstić information content (AvgIpc) is 2.37. The third kappa shape index (κ3) is 4.93. The molecule has 0 aromatic heterocycles. The van der Waals surface area contributed by atoms with Crippen LogP contribution in [-0.4, -0.2) is 23.0 Å². The van der Waals surface area contributed by atoms with Gasteiger partial charge in [0, 0.05) is 6.08 Å². The van der Waals surface area contributed by atoms with Crippen molar-refractivity contribution in [3.05, 3.63) is 39.9 Å². The van der Waals surface area contributed by atoms with E-state index in [2.05, 4.69) is 5.32 Å². The van der Waals surface area contributed by atoms with Crippen molar-refractivity contribution in [1.82, 2.24) is 5.32 Å². The van der Waals surface area contributed by atoms with Crippen molar-refractivity contribution in [1.29, 1.82) is 0 Å². The highest BCUT2D eigenvalue weighted by Gasteiger charge is 2.15. The van der Waals surface area contributed by atoms with Gasteiger partial charge in [-0.25, -0.2) is 4.79 Å². The molecule has 0 fully saturated rings. The second kappa shape index (κ2) is 7.16. The molecule has 0 bridgehead atoms. The first-order valence-electron chi connectivity index (χ1n) is 5.60. The van der Waals surface area contributed by atoms with Gasteiger partial charge in [-0.2, -0.15) is 0 Å². The largest absolute Gasteiger partial charge is 0.480 e. The molecule has 0 aliphatic carbocycles. The van der Waals surface area contributed by atoms with E-state index in [1.165, 1.54) is 12.2 Å². The van der Waals surface area contributed by atoms with Crippen LogP contribution in [0.4, 0.5) is 0 Å². The summed E-state index contributed by atoms with van der Waals surface area (Å²) in [6.45, 7) is 1.68. The van der Waals surface area contributed by atoms with Gasteiger partial charge in [0.2, 0.25) is 5.91 Å². The molecule has 19 heavy (non-hydrogen) atoms. The Morgan fingerprint density at radius 2 is 2.05 bits per heavy atom. The highest BCUT2D eigenvalue weighted by molar-refractivity contribution is 6.42. The van der Waals surface area contributed by atoms with Crippen molar-refractivity contribution in [2.45, 2.75) is 19.4 Å². The maximum absolute atomic E-state index is 11.5. The summed E-state index contributed by atoms with van der Waals surface area (Å²) in [5, 5.41) is 12.0. The predicted octanol–water partition coefficient (Wildman–Crippen LogP) is 2.99. The Kier molecular flexibility index (Phi) is 5.86. The lowest BCUT2D eigenvalue weighted by molar-refractivity contribution is -0.141. The topological polar surface area (TPSA) is 66.4 Å². The minimum Gasteiger partial charge on any atom is -0.480 e. The van der Waals surface area contributed by atoms with Gasteiger partial charge in [0.25, 0.3) is 0 Å². The van der Waals surface area contributed by atoms with Gasteiger partial charge in [0.05, 0.1) is 10.0 Å². The van der Waals surface area contributed by atoms with Gasteiger partial charge < -0.3 is 10.4 Å². The van der Waals surface area contributed by atoms with Crippen molar-refractivity contribution < 1.29 is 14.7 Å². The molecule has 2 N–H and O–H groups in total. The number of rotatable bonds is 5. The summed E-state index contributed by atoms with van der Waals surface area (Å²) >= 11 is 11.6. The van der Waals surface area contributed by atoms with Crippen LogP contribution in [0, 0.1) is 0 Å². The van der Waals surface area contributed by atoms with Crippen molar-refractivity contribution in [2.24, 2.45) is 0 Å². The lowest BCUT2D eigenvalue weighted by Crippen LogP contribution is -2.39. The summed E-state index contributed by atoms with van der Waals surface area (Å²) < 4.78 is 0. The summed E-state index contributed by atoms with van der Waals surface area (Å²) in [6, 6.07) is 4.05. The molecule has 0 spiro atoms. The lowest BCUT2D eigenvalue weighted by atomic mass is 10.2. The average molecular weight is 302 g/mol. The number of aliphatic carboxylic acids is 1. The Morgan fingerprint density at radius 1 is 1.37 bits per heavy atom. The molecule has 1 aromatic carbocycles. The number of carbonyl (C=O) groups is 2. The van der Waals surface area contributed by atoms with Gasteiger partial charge in [-0.1, -0.05) is 36.2 Å². The number of nitrogens with one attached hydrogen (secondary N) is 1. The van der Waals surface area contributed by atoms with E-state index in [-0.39, 0.29) is 0 Å². The second-order valence-electron chi connectivity index (χ2n) is 3.81. The second-order valence-corrected chi connectivity index (χ2v) is 4.63. The van der Waals surface area contributed by atoms with Crippen LogP contribution in [0.2, 0.25) is 10.0 Å². The van der Waals surface area contributed by atoms with Crippen LogP contribution < -0.4 is 5.32 Å². The smallest absolute Gasteiger partial charge is 0.326 e. The summed E-state index contributed by atoms with van der Waals surface area (Å²) in [5.41, 5.74) is 0.702. The SMILES string of the molecule is CCC(NC(=O)/C=C/c1ccc(Cl)c(Cl)c1)C(=O)O. The molecular formula is C13H13Cl2NO3. The fourth-order valence-corrected chi connectivity index (χ4v) is 1.65. The summed E-state index contributed by atoms with van der Waals surface area (Å²) in [4.78, 5) is 22.3. The van der Waals surface area contributed by atoms with Gasteiger partial charge in [0.1, 0.15) is 6.04 Å². The fraction of sp³-hybridized carbons (Fsp3) is 0.231. The Hall–Kier alpha value is -1.52. The van der Waals surface area contributed by atoms with Crippen LogP contribution in [0.3, 0.4) is 0 Å². The number of benzene rings is 1. The highest BCUT2D eigenvalue weighted by atomic mass is 35.5. The molecule has 4 nitrogen and oxygen atoms in total. The number of carboxylic acids is 1. The van der Waals surface area contributed by atoms with E-state index >= 15 is 0 Å². The fourth-order valence-electron chi connectivity index (χ4n) is 1.35. The van der Waals surface area contributed by atoms with Gasteiger partial charge in [0.15, 0.2) is 0 Å². The molecule has 1 amide bonds. The molecule has 0 saturated carbocycles. The first-order valence-corrected chi connectivity index (χ1v) is 6.36. The molecule has 1 rings (SSSR count). The molecule has 0 saturated heterocycles. The predicted molar refractivity (Wildman–Crippen MR) is 75.4 cm³/mol. The third-order valence-corrected chi connectivity index (χ3v) is 3.13. The lowest BCUT2D eigenvalue weighted by Gasteiger charge is -2.09. The van der Waals surface area contributed by atoms with E-state index in [0.29, 0.717) is 22.0 Å². The minimum atomic E-state index is -1.06. The summed E-state index contributed by atoms with van der Waals surface area (Å²) in [6.07, 6.45) is 3.11. The number of carbonyl (C=O) groups excluding carboxylic acids is 1. The molecule has 102 valence electrons. The summed E-state index contributed by atoms with van der Waals surface area (Å²) in [7, 11) is 0. The van der Waals surface area contributed by atoms with Gasteiger partial charge >= 0.3 is 5.97 Å². The van der Waals surface area contributed by atoms with Gasteiger partial charge in [-0.15, -0.1) is 0 Å². The van der Waals surface area contributed by atoms with Crippen LogP contribution in [0.15, 0.2) is 24.3 Å². The molecule has 1 atom stereocenters. The van der Waals surface area contributed by atoms with E-state index in [1.54, 1.807) is 25.1 Å². The number of hydrogen-bond donors (Lipinski definition) is 2. The third-order valence-electron chi connectivity index (χ3n) is 2.39. The molecule has 0 aliphatic heterocycles. The molecule has 0 radical (unpaired) electrons. The van der Waals surface area contributed by atoms with Crippen molar-refractivity contribution in [3.8, 4) is 0 Å². The number of hydrogen-bond acceptors (Lipinski definition) is 2. The Bertz CT molecular complexity index is 515. The van der Waals surface area contributed by atoms with E-state index in [0.717, 1.165) is 0 Å². The number of amides is 1. The van der Waals surface area contributed by atoms with E-state index in [4.69, 9.17) is 28.3 Å². The first kappa shape index (κ1) is 15.5. The molecule has 1 aromatic rings. The maximum Gasteiger partial charge on any atom is 0.326 e. The van der Waals surface area contributed by atoms with E-state index < -0.39 is 17.9 Å². The quantitative estimate of drug-likeness (QED) is 0.822. The standard InChI is InChI=1S/C13H13Cl2NO3/c1-2-11(13(18)19)16-12(17)6-4-8-3-5-9(14)10(15)7-8/h3-7,11H,2H2,1H3,(H,16,17)(H,18,19)/b6-4+. The zero-order chi connectivity index (χ0) is 14.4.